The number of rotatable bonds is 9. The van der Waals surface area contributed by atoms with Gasteiger partial charge in [-0.05, 0) is 18.6 Å². The van der Waals surface area contributed by atoms with Crippen molar-refractivity contribution in [2.75, 3.05) is 32.1 Å². The molecule has 0 bridgehead atoms. The van der Waals surface area contributed by atoms with Crippen molar-refractivity contribution in [3.8, 4) is 0 Å². The second-order valence-corrected chi connectivity index (χ2v) is 5.38. The summed E-state index contributed by atoms with van der Waals surface area (Å²) < 4.78 is 44.7. The SMILES string of the molecule is CCCN(CC(=O)Nc1ccc(F)c(F)c1F)C(=O)CC(CN)OC. The molecule has 0 aliphatic heterocycles. The average molecular weight is 361 g/mol. The van der Waals surface area contributed by atoms with E-state index >= 15 is 0 Å². The van der Waals surface area contributed by atoms with Gasteiger partial charge >= 0.3 is 0 Å². The third-order valence-electron chi connectivity index (χ3n) is 3.49. The molecule has 25 heavy (non-hydrogen) atoms. The summed E-state index contributed by atoms with van der Waals surface area (Å²) in [6, 6.07) is 1.61. The number of anilines is 1. The predicted octanol–water partition coefficient (Wildman–Crippen LogP) is 1.64. The fraction of sp³-hybridized carbons (Fsp3) is 0.500. The minimum atomic E-state index is -1.68. The van der Waals surface area contributed by atoms with Crippen molar-refractivity contribution < 1.29 is 27.5 Å². The van der Waals surface area contributed by atoms with Gasteiger partial charge in [0.1, 0.15) is 0 Å². The highest BCUT2D eigenvalue weighted by atomic mass is 19.2. The van der Waals surface area contributed by atoms with Crippen LogP contribution < -0.4 is 11.1 Å². The molecule has 0 radical (unpaired) electrons. The summed E-state index contributed by atoms with van der Waals surface area (Å²) in [7, 11) is 1.42. The monoisotopic (exact) mass is 361 g/mol. The van der Waals surface area contributed by atoms with E-state index in [4.69, 9.17) is 10.5 Å². The number of benzene rings is 1. The Labute approximate surface area is 144 Å². The van der Waals surface area contributed by atoms with E-state index in [1.807, 2.05) is 6.92 Å². The van der Waals surface area contributed by atoms with Crippen LogP contribution >= 0.6 is 0 Å². The average Bonchev–Trinajstić information content (AvgIpc) is 2.59. The Morgan fingerprint density at radius 3 is 2.52 bits per heavy atom. The molecule has 2 amide bonds. The Morgan fingerprint density at radius 1 is 1.28 bits per heavy atom. The number of nitrogens with one attached hydrogen (secondary N) is 1. The van der Waals surface area contributed by atoms with Crippen LogP contribution in [0.2, 0.25) is 0 Å². The van der Waals surface area contributed by atoms with Gasteiger partial charge in [0.25, 0.3) is 0 Å². The molecule has 0 aromatic heterocycles. The molecule has 1 atom stereocenters. The predicted molar refractivity (Wildman–Crippen MR) is 86.3 cm³/mol. The molecule has 0 aliphatic carbocycles. The lowest BCUT2D eigenvalue weighted by atomic mass is 10.2. The number of nitrogens with zero attached hydrogens (tertiary/aromatic N) is 1. The van der Waals surface area contributed by atoms with Crippen molar-refractivity contribution in [3.05, 3.63) is 29.6 Å². The molecule has 0 aliphatic rings. The zero-order chi connectivity index (χ0) is 19.0. The second kappa shape index (κ2) is 10.00. The lowest BCUT2D eigenvalue weighted by molar-refractivity contribution is -0.136. The van der Waals surface area contributed by atoms with Crippen molar-refractivity contribution in [2.24, 2.45) is 5.73 Å². The standard InChI is InChI=1S/C16H22F3N3O3/c1-3-6-22(14(24)7-10(8-20)25-2)9-13(23)21-12-5-4-11(17)15(18)16(12)19/h4-5,10H,3,6-9,20H2,1-2H3,(H,21,23). The van der Waals surface area contributed by atoms with Crippen LogP contribution in [0.4, 0.5) is 18.9 Å². The molecule has 1 aromatic rings. The van der Waals surface area contributed by atoms with Gasteiger partial charge in [-0.15, -0.1) is 0 Å². The zero-order valence-electron chi connectivity index (χ0n) is 14.2. The van der Waals surface area contributed by atoms with Crippen LogP contribution in [-0.4, -0.2) is 49.6 Å². The first-order chi connectivity index (χ1) is 11.8. The van der Waals surface area contributed by atoms with Crippen molar-refractivity contribution in [1.29, 1.82) is 0 Å². The molecule has 0 heterocycles. The Bertz CT molecular complexity index is 610. The highest BCUT2D eigenvalue weighted by Crippen LogP contribution is 2.19. The van der Waals surface area contributed by atoms with Gasteiger partial charge in [0.15, 0.2) is 17.5 Å². The summed E-state index contributed by atoms with van der Waals surface area (Å²) >= 11 is 0. The lowest BCUT2D eigenvalue weighted by Gasteiger charge is -2.23. The Morgan fingerprint density at radius 2 is 1.96 bits per heavy atom. The smallest absolute Gasteiger partial charge is 0.244 e. The van der Waals surface area contributed by atoms with Gasteiger partial charge in [-0.3, -0.25) is 9.59 Å². The number of amides is 2. The Hall–Kier alpha value is -2.13. The van der Waals surface area contributed by atoms with Gasteiger partial charge in [-0.2, -0.15) is 0 Å². The molecule has 0 spiro atoms. The summed E-state index contributed by atoms with van der Waals surface area (Å²) in [5, 5.41) is 2.13. The maximum atomic E-state index is 13.6. The molecule has 3 N–H and O–H groups in total. The van der Waals surface area contributed by atoms with Gasteiger partial charge in [-0.25, -0.2) is 13.2 Å². The summed E-state index contributed by atoms with van der Waals surface area (Å²) in [6.07, 6.45) is 0.122. The van der Waals surface area contributed by atoms with E-state index in [1.165, 1.54) is 12.0 Å². The summed E-state index contributed by atoms with van der Waals surface area (Å²) in [6.45, 7) is 1.91. The summed E-state index contributed by atoms with van der Waals surface area (Å²) in [4.78, 5) is 25.5. The topological polar surface area (TPSA) is 84.7 Å². The van der Waals surface area contributed by atoms with Crippen molar-refractivity contribution in [2.45, 2.75) is 25.9 Å². The summed E-state index contributed by atoms with van der Waals surface area (Å²) in [5.41, 5.74) is 4.97. The van der Waals surface area contributed by atoms with E-state index in [9.17, 15) is 22.8 Å². The molecular formula is C16H22F3N3O3. The minimum Gasteiger partial charge on any atom is -0.380 e. The Kier molecular flexibility index (Phi) is 8.36. The highest BCUT2D eigenvalue weighted by molar-refractivity contribution is 5.94. The zero-order valence-corrected chi connectivity index (χ0v) is 14.2. The van der Waals surface area contributed by atoms with E-state index in [0.717, 1.165) is 6.07 Å². The van der Waals surface area contributed by atoms with E-state index < -0.39 is 35.2 Å². The first kappa shape index (κ1) is 20.9. The number of hydrogen-bond acceptors (Lipinski definition) is 4. The van der Waals surface area contributed by atoms with Gasteiger partial charge in [-0.1, -0.05) is 6.92 Å². The molecular weight excluding hydrogens is 339 g/mol. The molecule has 140 valence electrons. The van der Waals surface area contributed by atoms with Crippen molar-refractivity contribution in [3.63, 3.8) is 0 Å². The maximum absolute atomic E-state index is 13.6. The van der Waals surface area contributed by atoms with Gasteiger partial charge in [0.05, 0.1) is 24.8 Å². The van der Waals surface area contributed by atoms with Crippen LogP contribution in [-0.2, 0) is 14.3 Å². The molecule has 9 heteroatoms. The normalized spacial score (nSPS) is 11.9. The van der Waals surface area contributed by atoms with E-state index in [-0.39, 0.29) is 25.4 Å². The number of hydrogen-bond donors (Lipinski definition) is 2. The molecule has 1 unspecified atom stereocenters. The van der Waals surface area contributed by atoms with Gasteiger partial charge < -0.3 is 20.7 Å². The van der Waals surface area contributed by atoms with Gasteiger partial charge in [0.2, 0.25) is 11.8 Å². The number of nitrogens with two attached hydrogens (primary N) is 1. The number of carbonyl (C=O) groups excluding carboxylic acids is 2. The first-order valence-corrected chi connectivity index (χ1v) is 7.77. The van der Waals surface area contributed by atoms with Crippen LogP contribution in [0.15, 0.2) is 12.1 Å². The van der Waals surface area contributed by atoms with Crippen LogP contribution in [0.25, 0.3) is 0 Å². The number of methoxy groups -OCH3 is 1. The van der Waals surface area contributed by atoms with E-state index in [1.54, 1.807) is 0 Å². The van der Waals surface area contributed by atoms with Crippen LogP contribution in [0.1, 0.15) is 19.8 Å². The molecule has 0 saturated carbocycles. The quantitative estimate of drug-likeness (QED) is 0.655. The Balaban J connectivity index is 2.76. The molecule has 0 saturated heterocycles. The number of ether oxygens (including phenoxy) is 1. The third-order valence-corrected chi connectivity index (χ3v) is 3.49. The van der Waals surface area contributed by atoms with Crippen LogP contribution in [0, 0.1) is 17.5 Å². The van der Waals surface area contributed by atoms with Gasteiger partial charge in [0, 0.05) is 20.2 Å². The lowest BCUT2D eigenvalue weighted by Crippen LogP contribution is -2.41. The molecule has 0 fully saturated rings. The molecule has 6 nitrogen and oxygen atoms in total. The largest absolute Gasteiger partial charge is 0.380 e. The summed E-state index contributed by atoms with van der Waals surface area (Å²) in [5.74, 6) is -5.60. The fourth-order valence-corrected chi connectivity index (χ4v) is 2.13. The molecule has 1 rings (SSSR count). The number of carbonyl (C=O) groups is 2. The van der Waals surface area contributed by atoms with Crippen molar-refractivity contribution in [1.82, 2.24) is 4.90 Å². The first-order valence-electron chi connectivity index (χ1n) is 7.77. The van der Waals surface area contributed by atoms with E-state index in [0.29, 0.717) is 19.0 Å². The van der Waals surface area contributed by atoms with Crippen LogP contribution in [0.3, 0.4) is 0 Å². The van der Waals surface area contributed by atoms with Crippen molar-refractivity contribution >= 4 is 17.5 Å². The van der Waals surface area contributed by atoms with Crippen LogP contribution in [0.5, 0.6) is 0 Å². The van der Waals surface area contributed by atoms with E-state index in [2.05, 4.69) is 5.32 Å². The molecule has 1 aromatic carbocycles. The second-order valence-electron chi connectivity index (χ2n) is 5.38. The highest BCUT2D eigenvalue weighted by Gasteiger charge is 2.21. The minimum absolute atomic E-state index is 0.000181. The fourth-order valence-electron chi connectivity index (χ4n) is 2.13. The maximum Gasteiger partial charge on any atom is 0.244 e. The third kappa shape index (κ3) is 6.02. The number of halogens is 3.